The number of hydrogen-bond acceptors (Lipinski definition) is 7. The number of rotatable bonds is 7. The van der Waals surface area contributed by atoms with Gasteiger partial charge >= 0.3 is 0 Å². The lowest BCUT2D eigenvalue weighted by molar-refractivity contribution is -0.121. The summed E-state index contributed by atoms with van der Waals surface area (Å²) in [5.41, 5.74) is 4.18. The summed E-state index contributed by atoms with van der Waals surface area (Å²) in [6, 6.07) is 12.7. The predicted octanol–water partition coefficient (Wildman–Crippen LogP) is 3.26. The number of ether oxygens (including phenoxy) is 2. The number of carbonyl (C=O) groups is 1. The van der Waals surface area contributed by atoms with Crippen molar-refractivity contribution in [2.24, 2.45) is 5.10 Å². The molecule has 1 aromatic heterocycles. The first-order chi connectivity index (χ1) is 13.1. The van der Waals surface area contributed by atoms with E-state index in [1.807, 2.05) is 24.3 Å². The molecule has 1 amide bonds. The first-order valence-electron chi connectivity index (χ1n) is 8.27. The predicted molar refractivity (Wildman–Crippen MR) is 108 cm³/mol. The van der Waals surface area contributed by atoms with Crippen LogP contribution < -0.4 is 20.2 Å². The fourth-order valence-electron chi connectivity index (χ4n) is 2.36. The van der Waals surface area contributed by atoms with Crippen LogP contribution in [0.3, 0.4) is 0 Å². The van der Waals surface area contributed by atoms with Crippen LogP contribution in [0.15, 0.2) is 47.6 Å². The number of fused-ring (bicyclic) bond motifs is 1. The molecule has 0 aliphatic heterocycles. The number of hydrogen-bond donors (Lipinski definition) is 2. The van der Waals surface area contributed by atoms with Gasteiger partial charge in [0.1, 0.15) is 17.5 Å². The third-order valence-corrected chi connectivity index (χ3v) is 4.76. The summed E-state index contributed by atoms with van der Waals surface area (Å²) in [6.45, 7) is 1.76. The summed E-state index contributed by atoms with van der Waals surface area (Å²) in [5, 5.41) is 7.80. The van der Waals surface area contributed by atoms with Crippen LogP contribution in [0.2, 0.25) is 0 Å². The van der Waals surface area contributed by atoms with Gasteiger partial charge in [-0.15, -0.1) is 0 Å². The molecule has 0 fully saturated rings. The summed E-state index contributed by atoms with van der Waals surface area (Å²) in [4.78, 5) is 16.7. The molecule has 27 heavy (non-hydrogen) atoms. The zero-order valence-electron chi connectivity index (χ0n) is 15.2. The molecular weight excluding hydrogens is 364 g/mol. The number of nitrogens with zero attached hydrogens (tertiary/aromatic N) is 2. The second-order valence-electron chi connectivity index (χ2n) is 5.73. The van der Waals surface area contributed by atoms with Gasteiger partial charge in [0.25, 0.3) is 5.91 Å². The zero-order valence-corrected chi connectivity index (χ0v) is 16.0. The Morgan fingerprint density at radius 2 is 1.89 bits per heavy atom. The minimum Gasteiger partial charge on any atom is -0.497 e. The summed E-state index contributed by atoms with van der Waals surface area (Å²) < 4.78 is 11.5. The Balaban J connectivity index is 1.60. The number of aromatic nitrogens is 1. The number of carbonyl (C=O) groups excluding carboxylic acids is 1. The summed E-state index contributed by atoms with van der Waals surface area (Å²) in [5.74, 6) is 1.03. The lowest BCUT2D eigenvalue weighted by Gasteiger charge is -2.10. The third-order valence-electron chi connectivity index (χ3n) is 3.79. The van der Waals surface area contributed by atoms with Crippen molar-refractivity contribution in [2.75, 3.05) is 19.5 Å². The molecule has 140 valence electrons. The van der Waals surface area contributed by atoms with Crippen molar-refractivity contribution < 1.29 is 14.3 Å². The number of amides is 1. The van der Waals surface area contributed by atoms with Crippen molar-refractivity contribution in [3.05, 3.63) is 48.0 Å². The maximum Gasteiger partial charge on any atom is 0.262 e. The van der Waals surface area contributed by atoms with E-state index in [2.05, 4.69) is 20.8 Å². The molecule has 2 N–H and O–H groups in total. The minimum atomic E-state index is -0.484. The molecule has 3 aromatic rings. The van der Waals surface area contributed by atoms with Crippen molar-refractivity contribution in [1.82, 2.24) is 10.4 Å². The Hall–Kier alpha value is -3.13. The highest BCUT2D eigenvalue weighted by molar-refractivity contribution is 7.22. The Morgan fingerprint density at radius 3 is 2.56 bits per heavy atom. The number of para-hydroxylation sites is 1. The topological polar surface area (TPSA) is 84.8 Å². The van der Waals surface area contributed by atoms with Crippen molar-refractivity contribution in [1.29, 1.82) is 0 Å². The maximum atomic E-state index is 12.2. The molecule has 0 radical (unpaired) electrons. The van der Waals surface area contributed by atoms with Crippen LogP contribution in [-0.4, -0.2) is 37.4 Å². The van der Waals surface area contributed by atoms with Crippen molar-refractivity contribution >= 4 is 38.8 Å². The Kier molecular flexibility index (Phi) is 5.87. The Labute approximate surface area is 161 Å². The first kappa shape index (κ1) is 18.7. The van der Waals surface area contributed by atoms with Gasteiger partial charge in [0.2, 0.25) is 0 Å². The van der Waals surface area contributed by atoms with E-state index in [0.29, 0.717) is 16.6 Å². The number of anilines is 1. The van der Waals surface area contributed by atoms with Crippen molar-refractivity contribution in [3.8, 4) is 11.5 Å². The lowest BCUT2D eigenvalue weighted by atomic mass is 10.2. The van der Waals surface area contributed by atoms with Gasteiger partial charge in [0.15, 0.2) is 5.13 Å². The number of nitrogens with one attached hydrogen (secondary N) is 2. The molecule has 0 aliphatic carbocycles. The maximum absolute atomic E-state index is 12.2. The van der Waals surface area contributed by atoms with Gasteiger partial charge < -0.3 is 14.8 Å². The summed E-state index contributed by atoms with van der Waals surface area (Å²) in [7, 11) is 3.15. The second kappa shape index (κ2) is 8.50. The van der Waals surface area contributed by atoms with Gasteiger partial charge in [-0.1, -0.05) is 23.5 Å². The monoisotopic (exact) mass is 384 g/mol. The van der Waals surface area contributed by atoms with Crippen LogP contribution in [0.5, 0.6) is 11.5 Å². The van der Waals surface area contributed by atoms with Crippen LogP contribution in [0.25, 0.3) is 10.2 Å². The van der Waals surface area contributed by atoms with Gasteiger partial charge in [0, 0.05) is 11.6 Å². The van der Waals surface area contributed by atoms with Gasteiger partial charge in [-0.2, -0.15) is 5.10 Å². The van der Waals surface area contributed by atoms with Gasteiger partial charge in [0.05, 0.1) is 30.7 Å². The average Bonchev–Trinajstić information content (AvgIpc) is 3.09. The zero-order chi connectivity index (χ0) is 19.2. The largest absolute Gasteiger partial charge is 0.497 e. The van der Waals surface area contributed by atoms with E-state index in [1.165, 1.54) is 17.6 Å². The van der Waals surface area contributed by atoms with Gasteiger partial charge in [-0.3, -0.25) is 4.79 Å². The molecule has 8 heteroatoms. The van der Waals surface area contributed by atoms with Crippen LogP contribution in [0.1, 0.15) is 12.5 Å². The van der Waals surface area contributed by atoms with E-state index in [9.17, 15) is 4.79 Å². The van der Waals surface area contributed by atoms with Crippen LogP contribution in [0, 0.1) is 0 Å². The third kappa shape index (κ3) is 4.73. The van der Waals surface area contributed by atoms with Crippen LogP contribution in [-0.2, 0) is 4.79 Å². The van der Waals surface area contributed by atoms with E-state index in [4.69, 9.17) is 9.47 Å². The van der Waals surface area contributed by atoms with Crippen molar-refractivity contribution in [3.63, 3.8) is 0 Å². The highest BCUT2D eigenvalue weighted by Gasteiger charge is 2.14. The molecule has 3 rings (SSSR count). The fourth-order valence-corrected chi connectivity index (χ4v) is 3.31. The summed E-state index contributed by atoms with van der Waals surface area (Å²) in [6.07, 6.45) is 1.54. The molecule has 1 atom stereocenters. The van der Waals surface area contributed by atoms with Crippen LogP contribution in [0.4, 0.5) is 5.13 Å². The van der Waals surface area contributed by atoms with E-state index in [0.717, 1.165) is 15.8 Å². The molecule has 1 heterocycles. The quantitative estimate of drug-likeness (QED) is 0.482. The molecule has 7 nitrogen and oxygen atoms in total. The average molecular weight is 384 g/mol. The normalized spacial score (nSPS) is 12.1. The number of thiazole rings is 1. The molecule has 0 bridgehead atoms. The fraction of sp³-hybridized carbons (Fsp3) is 0.211. The Bertz CT molecular complexity index is 915. The molecule has 0 saturated carbocycles. The molecule has 0 spiro atoms. The smallest absolute Gasteiger partial charge is 0.262 e. The van der Waals surface area contributed by atoms with Gasteiger partial charge in [-0.05, 0) is 31.2 Å². The molecule has 0 aliphatic rings. The van der Waals surface area contributed by atoms with Crippen LogP contribution >= 0.6 is 11.3 Å². The van der Waals surface area contributed by atoms with E-state index in [1.54, 1.807) is 39.3 Å². The SMILES string of the molecule is COc1cc(/C=N\NC(=O)[C@@H](C)Nc2nc3ccccc3s2)cc(OC)c1. The molecule has 0 unspecified atom stereocenters. The first-order valence-corrected chi connectivity index (χ1v) is 9.09. The molecule has 0 saturated heterocycles. The van der Waals surface area contributed by atoms with Crippen molar-refractivity contribution in [2.45, 2.75) is 13.0 Å². The van der Waals surface area contributed by atoms with E-state index < -0.39 is 6.04 Å². The Morgan fingerprint density at radius 1 is 1.19 bits per heavy atom. The van der Waals surface area contributed by atoms with E-state index in [-0.39, 0.29) is 5.91 Å². The number of benzene rings is 2. The molecule has 2 aromatic carbocycles. The second-order valence-corrected chi connectivity index (χ2v) is 6.76. The number of hydrazone groups is 1. The standard InChI is InChI=1S/C19H20N4O3S/c1-12(21-19-22-16-6-4-5-7-17(16)27-19)18(24)23-20-11-13-8-14(25-2)10-15(9-13)26-3/h4-12H,1-3H3,(H,21,22)(H,23,24)/b20-11-/t12-/m1/s1. The number of methoxy groups -OCH3 is 2. The van der Waals surface area contributed by atoms with Gasteiger partial charge in [-0.25, -0.2) is 10.4 Å². The van der Waals surface area contributed by atoms with E-state index >= 15 is 0 Å². The highest BCUT2D eigenvalue weighted by Crippen LogP contribution is 2.25. The molecular formula is C19H20N4O3S. The summed E-state index contributed by atoms with van der Waals surface area (Å²) >= 11 is 1.50. The highest BCUT2D eigenvalue weighted by atomic mass is 32.1. The lowest BCUT2D eigenvalue weighted by Crippen LogP contribution is -2.34. The minimum absolute atomic E-state index is 0.264.